The minimum atomic E-state index is -0.999. The van der Waals surface area contributed by atoms with E-state index in [0.717, 1.165) is 0 Å². The summed E-state index contributed by atoms with van der Waals surface area (Å²) in [4.78, 5) is 22.0. The van der Waals surface area contributed by atoms with Gasteiger partial charge in [-0.2, -0.15) is 0 Å². The lowest BCUT2D eigenvalue weighted by atomic mass is 10.0. The quantitative estimate of drug-likeness (QED) is 0.768. The van der Waals surface area contributed by atoms with Crippen molar-refractivity contribution in [2.45, 2.75) is 13.3 Å². The Morgan fingerprint density at radius 2 is 2.07 bits per heavy atom. The van der Waals surface area contributed by atoms with Crippen LogP contribution in [0.5, 0.6) is 0 Å². The predicted molar refractivity (Wildman–Crippen MR) is 54.1 cm³/mol. The number of carbonyl (C=O) groups is 2. The van der Waals surface area contributed by atoms with E-state index in [2.05, 4.69) is 4.74 Å². The van der Waals surface area contributed by atoms with Crippen molar-refractivity contribution < 1.29 is 19.4 Å². The summed E-state index contributed by atoms with van der Waals surface area (Å²) in [6.07, 6.45) is 0.589. The van der Waals surface area contributed by atoms with Crippen LogP contribution in [0.25, 0.3) is 0 Å². The second-order valence-corrected chi connectivity index (χ2v) is 3.02. The zero-order valence-electron chi connectivity index (χ0n) is 8.61. The van der Waals surface area contributed by atoms with Gasteiger partial charge in [-0.1, -0.05) is 6.92 Å². The van der Waals surface area contributed by atoms with Gasteiger partial charge in [0.1, 0.15) is 0 Å². The Kier molecular flexibility index (Phi) is 3.44. The topological polar surface area (TPSA) is 63.6 Å². The molecule has 1 rings (SSSR count). The number of hydrogen-bond acceptors (Lipinski definition) is 3. The van der Waals surface area contributed by atoms with E-state index in [9.17, 15) is 9.59 Å². The summed E-state index contributed by atoms with van der Waals surface area (Å²) in [6.45, 7) is 1.85. The number of esters is 1. The van der Waals surface area contributed by atoms with Crippen LogP contribution in [0, 0.1) is 0 Å². The van der Waals surface area contributed by atoms with Gasteiger partial charge in [0.05, 0.1) is 18.2 Å². The Balaban J connectivity index is 3.20. The SMILES string of the molecule is CCc1cc(C(=O)O)ccc1C(=O)OC. The Bertz CT molecular complexity index is 396. The van der Waals surface area contributed by atoms with Gasteiger partial charge in [-0.15, -0.1) is 0 Å². The smallest absolute Gasteiger partial charge is 0.338 e. The van der Waals surface area contributed by atoms with Crippen molar-refractivity contribution in [3.8, 4) is 0 Å². The Labute approximate surface area is 87.5 Å². The third-order valence-corrected chi connectivity index (χ3v) is 2.14. The van der Waals surface area contributed by atoms with Crippen molar-refractivity contribution >= 4 is 11.9 Å². The molecule has 1 N–H and O–H groups in total. The number of hydrogen-bond donors (Lipinski definition) is 1. The largest absolute Gasteiger partial charge is 0.478 e. The number of carbonyl (C=O) groups excluding carboxylic acids is 1. The highest BCUT2D eigenvalue weighted by molar-refractivity contribution is 5.94. The van der Waals surface area contributed by atoms with E-state index in [1.807, 2.05) is 6.92 Å². The van der Waals surface area contributed by atoms with Gasteiger partial charge in [0, 0.05) is 0 Å². The lowest BCUT2D eigenvalue weighted by Gasteiger charge is -2.06. The molecular formula is C11H12O4. The first-order valence-corrected chi connectivity index (χ1v) is 4.54. The monoisotopic (exact) mass is 208 g/mol. The maximum atomic E-state index is 11.3. The molecule has 0 saturated heterocycles. The van der Waals surface area contributed by atoms with E-state index in [1.165, 1.54) is 25.3 Å². The van der Waals surface area contributed by atoms with Crippen molar-refractivity contribution in [3.05, 3.63) is 34.9 Å². The number of aromatic carboxylic acids is 1. The molecule has 0 aliphatic rings. The minimum Gasteiger partial charge on any atom is -0.478 e. The zero-order valence-corrected chi connectivity index (χ0v) is 8.61. The number of methoxy groups -OCH3 is 1. The number of carboxylic acids is 1. The van der Waals surface area contributed by atoms with Gasteiger partial charge in [0.2, 0.25) is 0 Å². The summed E-state index contributed by atoms with van der Waals surface area (Å²) in [7, 11) is 1.30. The van der Waals surface area contributed by atoms with Crippen LogP contribution in [-0.4, -0.2) is 24.2 Å². The maximum Gasteiger partial charge on any atom is 0.338 e. The van der Waals surface area contributed by atoms with E-state index in [4.69, 9.17) is 5.11 Å². The molecule has 0 fully saturated rings. The fraction of sp³-hybridized carbons (Fsp3) is 0.273. The summed E-state index contributed by atoms with van der Waals surface area (Å²) in [5.74, 6) is -1.44. The molecule has 0 atom stereocenters. The van der Waals surface area contributed by atoms with Gasteiger partial charge in [0.25, 0.3) is 0 Å². The average Bonchev–Trinajstić information content (AvgIpc) is 2.27. The molecule has 1 aromatic rings. The molecule has 0 aliphatic heterocycles. The fourth-order valence-electron chi connectivity index (χ4n) is 1.33. The van der Waals surface area contributed by atoms with E-state index in [1.54, 1.807) is 0 Å². The highest BCUT2D eigenvalue weighted by Gasteiger charge is 2.13. The minimum absolute atomic E-state index is 0.180. The summed E-state index contributed by atoms with van der Waals surface area (Å²) >= 11 is 0. The second kappa shape index (κ2) is 4.59. The third kappa shape index (κ3) is 2.34. The van der Waals surface area contributed by atoms with Crippen LogP contribution >= 0.6 is 0 Å². The molecule has 0 saturated carbocycles. The molecule has 0 unspecified atom stereocenters. The van der Waals surface area contributed by atoms with Crippen LogP contribution in [0.1, 0.15) is 33.2 Å². The zero-order chi connectivity index (χ0) is 11.4. The van der Waals surface area contributed by atoms with Crippen molar-refractivity contribution in [2.75, 3.05) is 7.11 Å². The summed E-state index contributed by atoms with van der Waals surface area (Å²) in [5.41, 5.74) is 1.28. The lowest BCUT2D eigenvalue weighted by molar-refractivity contribution is 0.0597. The van der Waals surface area contributed by atoms with Crippen LogP contribution in [0.2, 0.25) is 0 Å². The molecule has 15 heavy (non-hydrogen) atoms. The number of benzene rings is 1. The van der Waals surface area contributed by atoms with E-state index in [-0.39, 0.29) is 5.56 Å². The first-order valence-electron chi connectivity index (χ1n) is 4.54. The summed E-state index contributed by atoms with van der Waals surface area (Å²) in [6, 6.07) is 4.37. The van der Waals surface area contributed by atoms with Crippen LogP contribution in [0.15, 0.2) is 18.2 Å². The molecule has 0 radical (unpaired) electrons. The maximum absolute atomic E-state index is 11.3. The van der Waals surface area contributed by atoms with Crippen molar-refractivity contribution in [2.24, 2.45) is 0 Å². The Hall–Kier alpha value is -1.84. The molecule has 0 bridgehead atoms. The Morgan fingerprint density at radius 3 is 2.53 bits per heavy atom. The van der Waals surface area contributed by atoms with Crippen molar-refractivity contribution in [1.29, 1.82) is 0 Å². The van der Waals surface area contributed by atoms with Crippen LogP contribution < -0.4 is 0 Å². The summed E-state index contributed by atoms with van der Waals surface area (Å²) in [5, 5.41) is 8.78. The number of ether oxygens (including phenoxy) is 1. The van der Waals surface area contributed by atoms with Crippen LogP contribution in [0.3, 0.4) is 0 Å². The van der Waals surface area contributed by atoms with E-state index >= 15 is 0 Å². The highest BCUT2D eigenvalue weighted by atomic mass is 16.5. The van der Waals surface area contributed by atoms with Crippen LogP contribution in [0.4, 0.5) is 0 Å². The molecule has 4 heteroatoms. The van der Waals surface area contributed by atoms with Gasteiger partial charge >= 0.3 is 11.9 Å². The molecule has 0 aliphatic carbocycles. The summed E-state index contributed by atoms with van der Waals surface area (Å²) < 4.78 is 4.59. The van der Waals surface area contributed by atoms with Crippen LogP contribution in [-0.2, 0) is 11.2 Å². The standard InChI is InChI=1S/C11H12O4/c1-3-7-6-8(10(12)13)4-5-9(7)11(14)15-2/h4-6H,3H2,1-2H3,(H,12,13). The third-order valence-electron chi connectivity index (χ3n) is 2.14. The number of aryl methyl sites for hydroxylation is 1. The number of carboxylic acid groups (broad SMARTS) is 1. The number of rotatable bonds is 3. The van der Waals surface area contributed by atoms with E-state index in [0.29, 0.717) is 17.5 Å². The molecule has 0 aromatic heterocycles. The fourth-order valence-corrected chi connectivity index (χ4v) is 1.33. The highest BCUT2D eigenvalue weighted by Crippen LogP contribution is 2.14. The molecule has 0 amide bonds. The molecule has 1 aromatic carbocycles. The van der Waals surface area contributed by atoms with Crippen molar-refractivity contribution in [3.63, 3.8) is 0 Å². The van der Waals surface area contributed by atoms with Gasteiger partial charge in [0.15, 0.2) is 0 Å². The van der Waals surface area contributed by atoms with E-state index < -0.39 is 11.9 Å². The lowest BCUT2D eigenvalue weighted by Crippen LogP contribution is -2.07. The average molecular weight is 208 g/mol. The molecule has 80 valence electrons. The van der Waals surface area contributed by atoms with Gasteiger partial charge < -0.3 is 9.84 Å². The molecule has 4 nitrogen and oxygen atoms in total. The molecule has 0 spiro atoms. The molecule has 0 heterocycles. The second-order valence-electron chi connectivity index (χ2n) is 3.02. The first kappa shape index (κ1) is 11.2. The van der Waals surface area contributed by atoms with Gasteiger partial charge in [-0.3, -0.25) is 0 Å². The Morgan fingerprint density at radius 1 is 1.40 bits per heavy atom. The first-order chi connectivity index (χ1) is 7.10. The van der Waals surface area contributed by atoms with Crippen molar-refractivity contribution in [1.82, 2.24) is 0 Å². The van der Waals surface area contributed by atoms with Gasteiger partial charge in [-0.05, 0) is 30.2 Å². The predicted octanol–water partition coefficient (Wildman–Crippen LogP) is 1.73. The molecular weight excluding hydrogens is 196 g/mol. The normalized spacial score (nSPS) is 9.73. The van der Waals surface area contributed by atoms with Gasteiger partial charge in [-0.25, -0.2) is 9.59 Å².